The van der Waals surface area contributed by atoms with Crippen LogP contribution >= 0.6 is 0 Å². The first-order valence-corrected chi connectivity index (χ1v) is 8.09. The van der Waals surface area contributed by atoms with E-state index in [2.05, 4.69) is 12.1 Å². The molecule has 2 N–H and O–H groups in total. The predicted octanol–water partition coefficient (Wildman–Crippen LogP) is 0.859. The highest BCUT2D eigenvalue weighted by Crippen LogP contribution is 2.25. The molecule has 0 saturated carbocycles. The third kappa shape index (κ3) is 4.81. The van der Waals surface area contributed by atoms with E-state index in [-0.39, 0.29) is 12.4 Å². The van der Waals surface area contributed by atoms with Crippen molar-refractivity contribution in [2.45, 2.75) is 19.3 Å². The van der Waals surface area contributed by atoms with Gasteiger partial charge in [0.1, 0.15) is 12.4 Å². The zero-order valence-electron chi connectivity index (χ0n) is 10.8. The quantitative estimate of drug-likeness (QED) is 0.754. The third-order valence-corrected chi connectivity index (χ3v) is 3.81. The molecule has 0 atom stereocenters. The molecule has 0 saturated heterocycles. The van der Waals surface area contributed by atoms with Crippen molar-refractivity contribution in [3.8, 4) is 5.75 Å². The zero-order chi connectivity index (χ0) is 13.7. The molecule has 1 aliphatic rings. The van der Waals surface area contributed by atoms with Crippen molar-refractivity contribution in [2.24, 2.45) is 5.14 Å². The molecule has 19 heavy (non-hydrogen) atoms. The van der Waals surface area contributed by atoms with Gasteiger partial charge in [0.05, 0.1) is 19.0 Å². The largest absolute Gasteiger partial charge is 0.491 e. The second-order valence-electron chi connectivity index (χ2n) is 4.61. The van der Waals surface area contributed by atoms with Crippen LogP contribution in [-0.2, 0) is 27.6 Å². The number of hydrogen-bond acceptors (Lipinski definition) is 4. The summed E-state index contributed by atoms with van der Waals surface area (Å²) < 4.78 is 32.0. The molecule has 0 fully saturated rings. The molecule has 0 radical (unpaired) electrons. The maximum Gasteiger partial charge on any atom is 0.211 e. The van der Waals surface area contributed by atoms with Gasteiger partial charge in [0.2, 0.25) is 10.0 Å². The van der Waals surface area contributed by atoms with Crippen LogP contribution < -0.4 is 9.88 Å². The Balaban J connectivity index is 1.66. The minimum absolute atomic E-state index is 0.104. The molecular formula is C13H19NO4S. The van der Waals surface area contributed by atoms with E-state index < -0.39 is 10.0 Å². The summed E-state index contributed by atoms with van der Waals surface area (Å²) in [6.45, 7) is 0.863. The van der Waals surface area contributed by atoms with E-state index in [1.807, 2.05) is 6.07 Å². The van der Waals surface area contributed by atoms with Gasteiger partial charge < -0.3 is 9.47 Å². The van der Waals surface area contributed by atoms with Gasteiger partial charge in [-0.25, -0.2) is 13.6 Å². The summed E-state index contributed by atoms with van der Waals surface area (Å²) in [5, 5.41) is 4.85. The molecule has 0 aliphatic heterocycles. The Bertz CT molecular complexity index is 527. The van der Waals surface area contributed by atoms with Gasteiger partial charge in [0.15, 0.2) is 0 Å². The van der Waals surface area contributed by atoms with Gasteiger partial charge in [0, 0.05) is 0 Å². The normalized spacial score (nSPS) is 14.4. The molecule has 106 valence electrons. The summed E-state index contributed by atoms with van der Waals surface area (Å²) in [4.78, 5) is 0. The van der Waals surface area contributed by atoms with Crippen molar-refractivity contribution in [3.63, 3.8) is 0 Å². The second-order valence-corrected chi connectivity index (χ2v) is 6.35. The molecular weight excluding hydrogens is 266 g/mol. The fraction of sp³-hybridized carbons (Fsp3) is 0.538. The maximum atomic E-state index is 10.7. The number of benzene rings is 1. The molecule has 0 amide bonds. The van der Waals surface area contributed by atoms with E-state index in [1.165, 1.54) is 17.5 Å². The molecule has 1 aromatic rings. The van der Waals surface area contributed by atoms with Crippen molar-refractivity contribution >= 4 is 10.0 Å². The van der Waals surface area contributed by atoms with E-state index in [1.54, 1.807) is 0 Å². The number of fused-ring (bicyclic) bond motifs is 1. The van der Waals surface area contributed by atoms with Crippen LogP contribution in [-0.4, -0.2) is 34.0 Å². The number of primary sulfonamides is 1. The Morgan fingerprint density at radius 3 is 2.68 bits per heavy atom. The maximum absolute atomic E-state index is 10.7. The van der Waals surface area contributed by atoms with Gasteiger partial charge in [-0.15, -0.1) is 0 Å². The van der Waals surface area contributed by atoms with Crippen LogP contribution in [0.5, 0.6) is 5.75 Å². The van der Waals surface area contributed by atoms with Crippen molar-refractivity contribution in [1.82, 2.24) is 0 Å². The van der Waals surface area contributed by atoms with Crippen LogP contribution in [0.4, 0.5) is 0 Å². The minimum atomic E-state index is -3.44. The van der Waals surface area contributed by atoms with Crippen molar-refractivity contribution < 1.29 is 17.9 Å². The summed E-state index contributed by atoms with van der Waals surface area (Å²) in [5.74, 6) is 0.682. The fourth-order valence-corrected chi connectivity index (χ4v) is 2.48. The zero-order valence-corrected chi connectivity index (χ0v) is 11.6. The lowest BCUT2D eigenvalue weighted by Crippen LogP contribution is -2.21. The topological polar surface area (TPSA) is 78.6 Å². The number of sulfonamides is 1. The molecule has 6 heteroatoms. The van der Waals surface area contributed by atoms with E-state index in [4.69, 9.17) is 14.6 Å². The number of nitrogens with two attached hydrogens (primary N) is 1. The van der Waals surface area contributed by atoms with Crippen molar-refractivity contribution in [3.05, 3.63) is 29.3 Å². The predicted molar refractivity (Wildman–Crippen MR) is 72.8 cm³/mol. The Labute approximate surface area is 113 Å². The Morgan fingerprint density at radius 1 is 1.11 bits per heavy atom. The molecule has 0 bridgehead atoms. The first-order chi connectivity index (χ1) is 9.04. The Hall–Kier alpha value is -1.11. The average molecular weight is 285 g/mol. The average Bonchev–Trinajstić information content (AvgIpc) is 2.79. The first kappa shape index (κ1) is 14.3. The van der Waals surface area contributed by atoms with E-state index in [0.717, 1.165) is 18.6 Å². The summed E-state index contributed by atoms with van der Waals surface area (Å²) in [6.07, 6.45) is 3.50. The molecule has 2 rings (SSSR count). The lowest BCUT2D eigenvalue weighted by atomic mass is 10.1. The van der Waals surface area contributed by atoms with Crippen molar-refractivity contribution in [2.75, 3.05) is 25.6 Å². The smallest absolute Gasteiger partial charge is 0.211 e. The second kappa shape index (κ2) is 6.36. The van der Waals surface area contributed by atoms with Crippen LogP contribution in [0.25, 0.3) is 0 Å². The summed E-state index contributed by atoms with van der Waals surface area (Å²) in [6, 6.07) is 6.15. The number of ether oxygens (including phenoxy) is 2. The standard InChI is InChI=1S/C13H19NO4S/c14-19(15,16)9-8-17-6-7-18-13-5-4-11-2-1-3-12(11)10-13/h4-5,10H,1-3,6-9H2,(H2,14,15,16). The van der Waals surface area contributed by atoms with Gasteiger partial charge in [-0.3, -0.25) is 0 Å². The highest BCUT2D eigenvalue weighted by Gasteiger charge is 2.11. The first-order valence-electron chi connectivity index (χ1n) is 6.37. The van der Waals surface area contributed by atoms with E-state index in [9.17, 15) is 8.42 Å². The number of rotatable bonds is 7. The van der Waals surface area contributed by atoms with Gasteiger partial charge in [0.25, 0.3) is 0 Å². The molecule has 0 heterocycles. The minimum Gasteiger partial charge on any atom is -0.491 e. The van der Waals surface area contributed by atoms with Crippen LogP contribution in [0.15, 0.2) is 18.2 Å². The molecule has 5 nitrogen and oxygen atoms in total. The van der Waals surface area contributed by atoms with Gasteiger partial charge >= 0.3 is 0 Å². The third-order valence-electron chi connectivity index (χ3n) is 3.08. The van der Waals surface area contributed by atoms with Crippen LogP contribution in [0, 0.1) is 0 Å². The monoisotopic (exact) mass is 285 g/mol. The van der Waals surface area contributed by atoms with Crippen molar-refractivity contribution in [1.29, 1.82) is 0 Å². The molecule has 1 aromatic carbocycles. The molecule has 0 aromatic heterocycles. The summed E-state index contributed by atoms with van der Waals surface area (Å²) >= 11 is 0. The molecule has 0 spiro atoms. The number of hydrogen-bond donors (Lipinski definition) is 1. The van der Waals surface area contributed by atoms with Crippen LogP contribution in [0.2, 0.25) is 0 Å². The van der Waals surface area contributed by atoms with E-state index in [0.29, 0.717) is 13.2 Å². The van der Waals surface area contributed by atoms with Crippen LogP contribution in [0.1, 0.15) is 17.5 Å². The van der Waals surface area contributed by atoms with Gasteiger partial charge in [-0.05, 0) is 42.5 Å². The summed E-state index contributed by atoms with van der Waals surface area (Å²) in [7, 11) is -3.44. The molecule has 0 unspecified atom stereocenters. The Morgan fingerprint density at radius 2 is 1.89 bits per heavy atom. The van der Waals surface area contributed by atoms with Gasteiger partial charge in [-0.1, -0.05) is 6.07 Å². The Kier molecular flexibility index (Phi) is 4.79. The lowest BCUT2D eigenvalue weighted by Gasteiger charge is -2.08. The molecule has 1 aliphatic carbocycles. The fourth-order valence-electron chi connectivity index (χ4n) is 2.13. The van der Waals surface area contributed by atoms with Crippen LogP contribution in [0.3, 0.4) is 0 Å². The van der Waals surface area contributed by atoms with E-state index >= 15 is 0 Å². The highest BCUT2D eigenvalue weighted by molar-refractivity contribution is 7.89. The lowest BCUT2D eigenvalue weighted by molar-refractivity contribution is 0.111. The highest BCUT2D eigenvalue weighted by atomic mass is 32.2. The SMILES string of the molecule is NS(=O)(=O)CCOCCOc1ccc2c(c1)CCC2. The number of aryl methyl sites for hydroxylation is 2. The van der Waals surface area contributed by atoms with Gasteiger partial charge in [-0.2, -0.15) is 0 Å². The summed E-state index contributed by atoms with van der Waals surface area (Å²) in [5.41, 5.74) is 2.78.